The van der Waals surface area contributed by atoms with Crippen molar-refractivity contribution in [3.05, 3.63) is 46.2 Å². The fraction of sp³-hybridized carbons (Fsp3) is 0.412. The van der Waals surface area contributed by atoms with E-state index in [1.54, 1.807) is 0 Å². The molecular weight excluding hydrogens is 294 g/mol. The number of aryl methyl sites for hydroxylation is 1. The quantitative estimate of drug-likeness (QED) is 0.852. The molecule has 116 valence electrons. The maximum absolute atomic E-state index is 12.2. The minimum Gasteiger partial charge on any atom is -0.323 e. The summed E-state index contributed by atoms with van der Waals surface area (Å²) < 4.78 is 1.98. The summed E-state index contributed by atoms with van der Waals surface area (Å²) in [5, 5.41) is 1.97. The van der Waals surface area contributed by atoms with Crippen molar-refractivity contribution in [3.63, 3.8) is 0 Å². The van der Waals surface area contributed by atoms with Crippen molar-refractivity contribution in [2.24, 2.45) is 4.99 Å². The molecule has 1 aromatic heterocycles. The Labute approximate surface area is 134 Å². The van der Waals surface area contributed by atoms with Gasteiger partial charge in [-0.1, -0.05) is 25.5 Å². The molecular formula is C17H21N3OS. The average molecular weight is 315 g/mol. The Morgan fingerprint density at radius 1 is 1.23 bits per heavy atom. The minimum atomic E-state index is -0.115. The molecule has 0 bridgehead atoms. The van der Waals surface area contributed by atoms with Crippen LogP contribution in [0.1, 0.15) is 31.7 Å². The van der Waals surface area contributed by atoms with E-state index >= 15 is 0 Å². The molecule has 2 heterocycles. The first kappa shape index (κ1) is 15.0. The molecule has 1 aromatic carbocycles. The van der Waals surface area contributed by atoms with Crippen LogP contribution < -0.4 is 4.80 Å². The number of carbonyl (C=O) groups is 1. The first-order chi connectivity index (χ1) is 10.8. The Bertz CT molecular complexity index is 693. The van der Waals surface area contributed by atoms with Gasteiger partial charge in [0, 0.05) is 30.4 Å². The SMILES string of the molecule is CCCc1ccc(-n2ccs/c2=N\C(=O)N2CCCC2)cc1. The molecule has 0 unspecified atom stereocenters. The second kappa shape index (κ2) is 6.92. The molecule has 0 aliphatic carbocycles. The molecule has 2 amide bonds. The van der Waals surface area contributed by atoms with Gasteiger partial charge in [0.1, 0.15) is 0 Å². The van der Waals surface area contributed by atoms with E-state index in [4.69, 9.17) is 0 Å². The largest absolute Gasteiger partial charge is 0.346 e. The summed E-state index contributed by atoms with van der Waals surface area (Å²) in [6.07, 6.45) is 6.39. The summed E-state index contributed by atoms with van der Waals surface area (Å²) in [5.41, 5.74) is 2.39. The van der Waals surface area contributed by atoms with Gasteiger partial charge in [0.2, 0.25) is 0 Å². The maximum atomic E-state index is 12.2. The fourth-order valence-electron chi connectivity index (χ4n) is 2.72. The van der Waals surface area contributed by atoms with Gasteiger partial charge in [0.15, 0.2) is 4.80 Å². The zero-order valence-electron chi connectivity index (χ0n) is 12.9. The highest BCUT2D eigenvalue weighted by Crippen LogP contribution is 2.11. The number of urea groups is 1. The third kappa shape index (κ3) is 3.30. The van der Waals surface area contributed by atoms with Crippen molar-refractivity contribution in [1.82, 2.24) is 9.47 Å². The Hall–Kier alpha value is -1.88. The van der Waals surface area contributed by atoms with Gasteiger partial charge >= 0.3 is 6.03 Å². The molecule has 0 saturated carbocycles. The van der Waals surface area contributed by atoms with Gasteiger partial charge in [0.05, 0.1) is 0 Å². The lowest BCUT2D eigenvalue weighted by atomic mass is 10.1. The molecule has 1 aliphatic heterocycles. The number of amides is 2. The lowest BCUT2D eigenvalue weighted by Gasteiger charge is -2.10. The van der Waals surface area contributed by atoms with Gasteiger partial charge in [-0.15, -0.1) is 11.3 Å². The van der Waals surface area contributed by atoms with Gasteiger partial charge in [-0.05, 0) is 37.0 Å². The monoisotopic (exact) mass is 315 g/mol. The highest BCUT2D eigenvalue weighted by atomic mass is 32.1. The molecule has 2 aromatic rings. The predicted octanol–water partition coefficient (Wildman–Crippen LogP) is 3.61. The third-order valence-corrected chi connectivity index (χ3v) is 4.67. The Balaban J connectivity index is 1.86. The van der Waals surface area contributed by atoms with Gasteiger partial charge in [-0.3, -0.25) is 4.57 Å². The maximum Gasteiger partial charge on any atom is 0.346 e. The Morgan fingerprint density at radius 3 is 2.64 bits per heavy atom. The van der Waals surface area contributed by atoms with Crippen LogP contribution in [0.4, 0.5) is 4.79 Å². The number of nitrogens with zero attached hydrogens (tertiary/aromatic N) is 3. The normalized spacial score (nSPS) is 15.5. The molecule has 0 atom stereocenters. The summed E-state index contributed by atoms with van der Waals surface area (Å²) in [6, 6.07) is 8.37. The van der Waals surface area contributed by atoms with E-state index in [9.17, 15) is 4.79 Å². The van der Waals surface area contributed by atoms with E-state index in [-0.39, 0.29) is 6.03 Å². The van der Waals surface area contributed by atoms with E-state index in [1.807, 2.05) is 21.0 Å². The van der Waals surface area contributed by atoms with Crippen molar-refractivity contribution in [1.29, 1.82) is 0 Å². The zero-order valence-corrected chi connectivity index (χ0v) is 13.7. The molecule has 0 spiro atoms. The Kier molecular flexibility index (Phi) is 4.73. The summed E-state index contributed by atoms with van der Waals surface area (Å²) >= 11 is 1.49. The van der Waals surface area contributed by atoms with Crippen LogP contribution in [0.3, 0.4) is 0 Å². The number of carbonyl (C=O) groups excluding carboxylic acids is 1. The smallest absolute Gasteiger partial charge is 0.323 e. The summed E-state index contributed by atoms with van der Waals surface area (Å²) in [4.78, 5) is 19.1. The first-order valence-corrected chi connectivity index (χ1v) is 8.75. The molecule has 1 aliphatic rings. The number of aromatic nitrogens is 1. The lowest BCUT2D eigenvalue weighted by Crippen LogP contribution is -2.27. The van der Waals surface area contributed by atoms with Crippen LogP contribution in [0.25, 0.3) is 5.69 Å². The van der Waals surface area contributed by atoms with Crippen LogP contribution in [0, 0.1) is 0 Å². The zero-order chi connectivity index (χ0) is 15.4. The molecule has 1 saturated heterocycles. The molecule has 0 N–H and O–H groups in total. The van der Waals surface area contributed by atoms with E-state index in [0.29, 0.717) is 0 Å². The second-order valence-electron chi connectivity index (χ2n) is 5.56. The minimum absolute atomic E-state index is 0.115. The van der Waals surface area contributed by atoms with Crippen LogP contribution in [-0.2, 0) is 6.42 Å². The number of likely N-dealkylation sites (tertiary alicyclic amines) is 1. The van der Waals surface area contributed by atoms with E-state index in [2.05, 4.69) is 36.2 Å². The fourth-order valence-corrected chi connectivity index (χ4v) is 3.44. The summed E-state index contributed by atoms with van der Waals surface area (Å²) in [5.74, 6) is 0. The van der Waals surface area contributed by atoms with Crippen molar-refractivity contribution < 1.29 is 4.79 Å². The molecule has 22 heavy (non-hydrogen) atoms. The van der Waals surface area contributed by atoms with E-state index in [1.165, 1.54) is 16.9 Å². The van der Waals surface area contributed by atoms with Crippen LogP contribution in [0.5, 0.6) is 0 Å². The standard InChI is InChI=1S/C17H21N3OS/c1-2-5-14-6-8-15(9-7-14)20-12-13-22-17(20)18-16(21)19-10-3-4-11-19/h6-9,12-13H,2-5,10-11H2,1H3/b18-17-. The van der Waals surface area contributed by atoms with Gasteiger partial charge in [-0.25, -0.2) is 4.79 Å². The third-order valence-electron chi connectivity index (χ3n) is 3.91. The number of thiazole rings is 1. The molecule has 3 rings (SSSR count). The second-order valence-corrected chi connectivity index (χ2v) is 6.43. The predicted molar refractivity (Wildman–Crippen MR) is 89.4 cm³/mol. The van der Waals surface area contributed by atoms with Gasteiger partial charge in [-0.2, -0.15) is 4.99 Å². The molecule has 4 nitrogen and oxygen atoms in total. The van der Waals surface area contributed by atoms with Crippen molar-refractivity contribution >= 4 is 17.4 Å². The van der Waals surface area contributed by atoms with E-state index in [0.717, 1.165) is 49.3 Å². The first-order valence-electron chi connectivity index (χ1n) is 7.87. The molecule has 0 radical (unpaired) electrons. The van der Waals surface area contributed by atoms with Crippen LogP contribution in [0.15, 0.2) is 40.8 Å². The van der Waals surface area contributed by atoms with E-state index < -0.39 is 0 Å². The van der Waals surface area contributed by atoms with Gasteiger partial charge < -0.3 is 4.90 Å². The number of hydrogen-bond donors (Lipinski definition) is 0. The summed E-state index contributed by atoms with van der Waals surface area (Å²) in [6.45, 7) is 3.85. The highest BCUT2D eigenvalue weighted by molar-refractivity contribution is 7.07. The number of benzene rings is 1. The van der Waals surface area contributed by atoms with Crippen LogP contribution in [0.2, 0.25) is 0 Å². The number of rotatable bonds is 3. The average Bonchev–Trinajstić information content (AvgIpc) is 3.19. The molecule has 5 heteroatoms. The van der Waals surface area contributed by atoms with Crippen molar-refractivity contribution in [3.8, 4) is 5.69 Å². The molecule has 1 fully saturated rings. The van der Waals surface area contributed by atoms with Crippen LogP contribution >= 0.6 is 11.3 Å². The summed E-state index contributed by atoms with van der Waals surface area (Å²) in [7, 11) is 0. The van der Waals surface area contributed by atoms with Crippen molar-refractivity contribution in [2.75, 3.05) is 13.1 Å². The Morgan fingerprint density at radius 2 is 1.95 bits per heavy atom. The van der Waals surface area contributed by atoms with Gasteiger partial charge in [0.25, 0.3) is 0 Å². The number of hydrogen-bond acceptors (Lipinski definition) is 2. The highest BCUT2D eigenvalue weighted by Gasteiger charge is 2.17. The van der Waals surface area contributed by atoms with Crippen LogP contribution in [-0.4, -0.2) is 28.6 Å². The lowest BCUT2D eigenvalue weighted by molar-refractivity contribution is 0.218. The van der Waals surface area contributed by atoms with Crippen molar-refractivity contribution in [2.45, 2.75) is 32.6 Å². The topological polar surface area (TPSA) is 37.6 Å².